The van der Waals surface area contributed by atoms with Crippen molar-refractivity contribution in [3.8, 4) is 0 Å². The van der Waals surface area contributed by atoms with Crippen LogP contribution in [0.15, 0.2) is 71.8 Å². The SMILES string of the molecule is CCCBOC1C[C@H]2OC[C@@]2(OC(C)=O)[C@H]2[C@H](OC(=O)c3ccccc3)[C@]3(O)C[C@H](OC(=O)[C@H](O)[C@@H](NC(=O)OC(C)(C)C)c4ccccc4)C(C)=C([C@@H](OBCCC)C(=O)[C@]12C)C3(C)C. The molecule has 1 unspecified atom stereocenters. The minimum absolute atomic E-state index is 0.145. The zero-order chi connectivity index (χ0) is 48.4. The van der Waals surface area contributed by atoms with E-state index >= 15 is 4.79 Å². The number of Topliss-reactive ketones (excluding diaryl/α,β-unsaturated/α-hetero) is 1. The summed E-state index contributed by atoms with van der Waals surface area (Å²) in [5.41, 5.74) is -6.66. The van der Waals surface area contributed by atoms with Gasteiger partial charge in [-0.05, 0) is 63.5 Å². The number of amides is 1. The van der Waals surface area contributed by atoms with Crippen molar-refractivity contribution < 1.29 is 67.2 Å². The molecule has 6 rings (SSSR count). The fourth-order valence-electron chi connectivity index (χ4n) is 10.6. The van der Waals surface area contributed by atoms with Gasteiger partial charge >= 0.3 is 24.0 Å². The van der Waals surface area contributed by atoms with Crippen LogP contribution in [-0.2, 0) is 47.4 Å². The lowest BCUT2D eigenvalue weighted by Gasteiger charge is -2.68. The third-order valence-corrected chi connectivity index (χ3v) is 14.1. The predicted molar refractivity (Wildman–Crippen MR) is 246 cm³/mol. The Bertz CT molecular complexity index is 2130. The second-order valence-electron chi connectivity index (χ2n) is 20.0. The maximum absolute atomic E-state index is 16.2. The van der Waals surface area contributed by atoms with Gasteiger partial charge < -0.3 is 48.5 Å². The number of nitrogens with one attached hydrogen (secondary N) is 1. The first-order valence-corrected chi connectivity index (χ1v) is 23.3. The molecule has 358 valence electrons. The summed E-state index contributed by atoms with van der Waals surface area (Å²) in [5.74, 6) is -4.42. The van der Waals surface area contributed by atoms with E-state index in [2.05, 4.69) is 5.32 Å². The Hall–Kier alpha value is -4.54. The van der Waals surface area contributed by atoms with E-state index in [4.69, 9.17) is 33.0 Å². The van der Waals surface area contributed by atoms with Gasteiger partial charge in [0.15, 0.2) is 17.5 Å². The molecule has 66 heavy (non-hydrogen) atoms. The number of benzene rings is 2. The molecule has 2 aromatic rings. The van der Waals surface area contributed by atoms with Gasteiger partial charge in [-0.1, -0.05) is 102 Å². The summed E-state index contributed by atoms with van der Waals surface area (Å²) < 4.78 is 44.2. The molecule has 2 aromatic carbocycles. The largest absolute Gasteiger partial charge is 0.456 e. The molecule has 2 bridgehead atoms. The van der Waals surface area contributed by atoms with Crippen molar-refractivity contribution >= 4 is 44.7 Å². The van der Waals surface area contributed by atoms with E-state index in [0.717, 1.165) is 12.8 Å². The number of alkyl carbamates (subject to hydrolysis) is 1. The average molecular weight is 916 g/mol. The maximum atomic E-state index is 16.2. The van der Waals surface area contributed by atoms with E-state index in [0.29, 0.717) is 29.4 Å². The van der Waals surface area contributed by atoms with Gasteiger partial charge in [-0.3, -0.25) is 9.59 Å². The number of hydrogen-bond donors (Lipinski definition) is 3. The zero-order valence-corrected chi connectivity index (χ0v) is 40.0. The molecule has 11 atom stereocenters. The first-order chi connectivity index (χ1) is 31.1. The number of rotatable bonds is 16. The van der Waals surface area contributed by atoms with E-state index < -0.39 is 112 Å². The zero-order valence-electron chi connectivity index (χ0n) is 40.0. The minimum Gasteiger partial charge on any atom is -0.456 e. The molecule has 4 aliphatic rings. The third-order valence-electron chi connectivity index (χ3n) is 14.1. The Kier molecular flexibility index (Phi) is 15.4. The summed E-state index contributed by atoms with van der Waals surface area (Å²) in [5, 5.41) is 28.5. The van der Waals surface area contributed by atoms with Crippen molar-refractivity contribution in [2.24, 2.45) is 16.7 Å². The van der Waals surface area contributed by atoms with Crippen molar-refractivity contribution in [3.63, 3.8) is 0 Å². The Balaban J connectivity index is 1.56. The Morgan fingerprint density at radius 1 is 0.924 bits per heavy atom. The van der Waals surface area contributed by atoms with Crippen LogP contribution in [0.5, 0.6) is 0 Å². The highest BCUT2D eigenvalue weighted by Crippen LogP contribution is 2.65. The van der Waals surface area contributed by atoms with E-state index in [1.54, 1.807) is 109 Å². The molecule has 3 aliphatic carbocycles. The molecule has 17 heteroatoms. The van der Waals surface area contributed by atoms with E-state index in [9.17, 15) is 29.4 Å². The second-order valence-corrected chi connectivity index (χ2v) is 20.0. The molecule has 1 saturated heterocycles. The van der Waals surface area contributed by atoms with E-state index in [1.807, 2.05) is 13.8 Å². The topological polar surface area (TPSA) is 202 Å². The summed E-state index contributed by atoms with van der Waals surface area (Å²) in [7, 11) is 0.427. The number of hydrogen-bond acceptors (Lipinski definition) is 14. The van der Waals surface area contributed by atoms with Gasteiger partial charge in [0, 0.05) is 25.2 Å². The molecule has 15 nitrogen and oxygen atoms in total. The minimum atomic E-state index is -2.23. The summed E-state index contributed by atoms with van der Waals surface area (Å²) in [6.07, 6.45) is -6.45. The highest BCUT2D eigenvalue weighted by Gasteiger charge is 2.78. The molecule has 0 radical (unpaired) electrons. The third kappa shape index (κ3) is 9.60. The Morgan fingerprint density at radius 3 is 2.09 bits per heavy atom. The van der Waals surface area contributed by atoms with Gasteiger partial charge in [-0.15, -0.1) is 0 Å². The summed E-state index contributed by atoms with van der Waals surface area (Å²) in [6, 6.07) is 15.2. The van der Waals surface area contributed by atoms with Gasteiger partial charge in [0.1, 0.15) is 35.6 Å². The van der Waals surface area contributed by atoms with E-state index in [1.165, 1.54) is 6.92 Å². The van der Waals surface area contributed by atoms with Crippen LogP contribution in [0, 0.1) is 16.7 Å². The van der Waals surface area contributed by atoms with Crippen LogP contribution < -0.4 is 5.32 Å². The van der Waals surface area contributed by atoms with Crippen LogP contribution in [0.3, 0.4) is 0 Å². The fraction of sp³-hybridized carbons (Fsp3) is 0.612. The molecule has 2 saturated carbocycles. The smallest absolute Gasteiger partial charge is 0.408 e. The number of fused-ring (bicyclic) bond motifs is 5. The van der Waals surface area contributed by atoms with Crippen LogP contribution >= 0.6 is 0 Å². The number of esters is 3. The Morgan fingerprint density at radius 2 is 1.53 bits per heavy atom. The quantitative estimate of drug-likeness (QED) is 0.0612. The maximum Gasteiger partial charge on any atom is 0.408 e. The van der Waals surface area contributed by atoms with Crippen LogP contribution in [0.4, 0.5) is 4.79 Å². The number of carbonyl (C=O) groups is 5. The van der Waals surface area contributed by atoms with Crippen molar-refractivity contribution in [2.45, 2.75) is 167 Å². The molecule has 0 aromatic heterocycles. The molecular weight excluding hydrogens is 848 g/mol. The van der Waals surface area contributed by atoms with Crippen LogP contribution in [0.1, 0.15) is 117 Å². The molecule has 3 N–H and O–H groups in total. The number of ether oxygens (including phenoxy) is 5. The summed E-state index contributed by atoms with van der Waals surface area (Å²) in [4.78, 5) is 71.6. The van der Waals surface area contributed by atoms with E-state index in [-0.39, 0.29) is 33.6 Å². The fourth-order valence-corrected chi connectivity index (χ4v) is 10.6. The first kappa shape index (κ1) is 50.9. The molecular formula is C49H67B2NO14. The number of carbonyl (C=O) groups excluding carboxylic acids is 5. The average Bonchev–Trinajstić information content (AvgIpc) is 3.25. The van der Waals surface area contributed by atoms with Crippen molar-refractivity contribution in [2.75, 3.05) is 6.61 Å². The highest BCUT2D eigenvalue weighted by atomic mass is 16.6. The standard InChI is InChI=1S/C49H67B2NO14/c1-11-23-50-65-33-25-34-48(27-60-34,63-29(4)53)39-41(62-42(56)31-21-17-14-18-22-31)49(59)26-32(28(3)35(46(49,8)9)38(66-51-24-12-2)40(55)47(33,39)10)61-43(57)37(54)36(30-19-15-13-16-20-30)52-44(58)64-45(5,6)7/h13-22,32-34,36-39,41,50-51,54,59H,11-12,23-27H2,1-10H3,(H,52,58)/t32-,33?,34+,36-,37+,38+,39-,41-,47+,48-,49+/m0/s1. The van der Waals surface area contributed by atoms with Gasteiger partial charge in [-0.25, -0.2) is 14.4 Å². The van der Waals surface area contributed by atoms with Crippen LogP contribution in [0.2, 0.25) is 12.6 Å². The summed E-state index contributed by atoms with van der Waals surface area (Å²) >= 11 is 0. The van der Waals surface area contributed by atoms with Crippen molar-refractivity contribution in [1.82, 2.24) is 5.32 Å². The number of ketones is 1. The molecule has 0 spiro atoms. The van der Waals surface area contributed by atoms with Gasteiger partial charge in [0.25, 0.3) is 15.0 Å². The second kappa shape index (κ2) is 20.0. The highest BCUT2D eigenvalue weighted by molar-refractivity contribution is 6.28. The Labute approximate surface area is 389 Å². The predicted octanol–water partition coefficient (Wildman–Crippen LogP) is 5.67. The first-order valence-electron chi connectivity index (χ1n) is 23.3. The number of aliphatic hydroxyl groups is 2. The van der Waals surface area contributed by atoms with Gasteiger partial charge in [0.2, 0.25) is 0 Å². The normalized spacial score (nSPS) is 30.9. The lowest BCUT2D eigenvalue weighted by atomic mass is 9.44. The molecule has 1 heterocycles. The monoisotopic (exact) mass is 915 g/mol. The van der Waals surface area contributed by atoms with Crippen LogP contribution in [0.25, 0.3) is 0 Å². The van der Waals surface area contributed by atoms with Crippen LogP contribution in [-0.4, -0.2) is 115 Å². The lowest BCUT2D eigenvalue weighted by Crippen LogP contribution is -2.82. The van der Waals surface area contributed by atoms with Crippen molar-refractivity contribution in [3.05, 3.63) is 82.9 Å². The number of aliphatic hydroxyl groups excluding tert-OH is 1. The van der Waals surface area contributed by atoms with Crippen molar-refractivity contribution in [1.29, 1.82) is 0 Å². The molecule has 1 amide bonds. The van der Waals surface area contributed by atoms with Gasteiger partial charge in [-0.2, -0.15) is 0 Å². The lowest BCUT2D eigenvalue weighted by molar-refractivity contribution is -0.344. The van der Waals surface area contributed by atoms with Gasteiger partial charge in [0.05, 0.1) is 35.6 Å². The summed E-state index contributed by atoms with van der Waals surface area (Å²) in [6.45, 7) is 17.0. The molecule has 3 fully saturated rings. The molecule has 1 aliphatic heterocycles.